The number of rotatable bonds is 12. The monoisotopic (exact) mass is 862 g/mol. The molecule has 3 heterocycles. The Kier molecular flexibility index (Phi) is 19.5. The molecule has 3 aliphatic heterocycles. The zero-order valence-electron chi connectivity index (χ0n) is 39.4. The Hall–Kier alpha value is -1.70. The SMILES string of the molecule is CCCCCNC(=O)O[C@H]1[C@H](C)O[C@@H](O[C@H]2[C@H](C)[C@@H](O[C@@H]3O[C@H](C)C[C@H](N(C)C)[C@H]3O)[C@@](C)(O)C[C@@H](C)CN(C)[C@H](C)[C@@H](O)[C@](C)(O)[C@@H](CC)OC(=O)[C@@H]2C)C[C@@]1(C)OC. The Labute approximate surface area is 360 Å². The van der Waals surface area contributed by atoms with Crippen LogP contribution in [0.4, 0.5) is 4.79 Å². The molecule has 0 unspecified atom stereocenters. The molecular formula is C44H83N3O13. The molecule has 0 aromatic rings. The van der Waals surface area contributed by atoms with E-state index in [0.29, 0.717) is 19.5 Å². The average Bonchev–Trinajstić information content (AvgIpc) is 3.16. The molecule has 16 heteroatoms. The molecule has 3 saturated heterocycles. The van der Waals surface area contributed by atoms with E-state index in [1.165, 1.54) is 14.0 Å². The molecule has 0 aliphatic carbocycles. The first-order valence-corrected chi connectivity index (χ1v) is 22.3. The summed E-state index contributed by atoms with van der Waals surface area (Å²) in [5.41, 5.74) is -4.49. The number of alkyl carbamates (subject to hydrolysis) is 1. The third-order valence-electron chi connectivity index (χ3n) is 13.4. The van der Waals surface area contributed by atoms with Crippen LogP contribution in [0.1, 0.15) is 121 Å². The number of amides is 1. The highest BCUT2D eigenvalue weighted by Crippen LogP contribution is 2.41. The topological polar surface area (TPSA) is 198 Å². The number of likely N-dealkylation sites (N-methyl/N-ethyl adjacent to an activating group) is 2. The highest BCUT2D eigenvalue weighted by Gasteiger charge is 2.53. The summed E-state index contributed by atoms with van der Waals surface area (Å²) < 4.78 is 44.3. The second kappa shape index (κ2) is 22.3. The molecule has 0 saturated carbocycles. The number of carbonyl (C=O) groups is 2. The van der Waals surface area contributed by atoms with Crippen LogP contribution in [0.5, 0.6) is 0 Å². The molecule has 60 heavy (non-hydrogen) atoms. The molecule has 0 aromatic heterocycles. The van der Waals surface area contributed by atoms with Gasteiger partial charge in [-0.25, -0.2) is 4.79 Å². The summed E-state index contributed by atoms with van der Waals surface area (Å²) >= 11 is 0. The fourth-order valence-corrected chi connectivity index (χ4v) is 9.67. The molecule has 3 aliphatic rings. The lowest BCUT2D eigenvalue weighted by molar-refractivity contribution is -0.317. The van der Waals surface area contributed by atoms with Gasteiger partial charge in [0.2, 0.25) is 0 Å². The second-order valence-electron chi connectivity index (χ2n) is 19.2. The number of methoxy groups -OCH3 is 1. The maximum atomic E-state index is 14.4. The molecule has 1 amide bonds. The summed E-state index contributed by atoms with van der Waals surface area (Å²) in [7, 11) is 7.14. The maximum absolute atomic E-state index is 14.4. The summed E-state index contributed by atoms with van der Waals surface area (Å²) in [6.45, 7) is 20.7. The van der Waals surface area contributed by atoms with Gasteiger partial charge in [-0.15, -0.1) is 0 Å². The van der Waals surface area contributed by atoms with Crippen LogP contribution in [0.3, 0.4) is 0 Å². The van der Waals surface area contributed by atoms with E-state index >= 15 is 0 Å². The van der Waals surface area contributed by atoms with E-state index in [2.05, 4.69) is 12.2 Å². The Balaban J connectivity index is 2.12. The Morgan fingerprint density at radius 2 is 1.62 bits per heavy atom. The summed E-state index contributed by atoms with van der Waals surface area (Å²) in [5, 5.41) is 50.5. The molecule has 3 rings (SSSR count). The smallest absolute Gasteiger partial charge is 0.407 e. The van der Waals surface area contributed by atoms with Crippen molar-refractivity contribution in [2.75, 3.05) is 41.3 Å². The van der Waals surface area contributed by atoms with Crippen molar-refractivity contribution in [3.8, 4) is 0 Å². The van der Waals surface area contributed by atoms with E-state index in [9.17, 15) is 30.0 Å². The van der Waals surface area contributed by atoms with Gasteiger partial charge >= 0.3 is 12.1 Å². The van der Waals surface area contributed by atoms with E-state index in [1.54, 1.807) is 34.6 Å². The number of ether oxygens (including phenoxy) is 7. The lowest BCUT2D eigenvalue weighted by atomic mass is 9.77. The predicted octanol–water partition coefficient (Wildman–Crippen LogP) is 3.82. The fraction of sp³-hybridized carbons (Fsp3) is 0.955. The van der Waals surface area contributed by atoms with Gasteiger partial charge in [0.25, 0.3) is 0 Å². The van der Waals surface area contributed by atoms with Crippen LogP contribution in [0.25, 0.3) is 0 Å². The Morgan fingerprint density at radius 3 is 2.20 bits per heavy atom. The van der Waals surface area contributed by atoms with Gasteiger partial charge in [-0.3, -0.25) is 4.79 Å². The van der Waals surface area contributed by atoms with Crippen molar-refractivity contribution in [1.82, 2.24) is 15.1 Å². The highest BCUT2D eigenvalue weighted by atomic mass is 16.7. The summed E-state index contributed by atoms with van der Waals surface area (Å²) in [5.74, 6) is -2.71. The number of cyclic esters (lactones) is 1. The van der Waals surface area contributed by atoms with Crippen molar-refractivity contribution < 1.29 is 63.2 Å². The first-order chi connectivity index (χ1) is 27.8. The van der Waals surface area contributed by atoms with Crippen LogP contribution >= 0.6 is 0 Å². The highest BCUT2D eigenvalue weighted by molar-refractivity contribution is 5.73. The number of carbonyl (C=O) groups excluding carboxylic acids is 2. The Morgan fingerprint density at radius 1 is 0.967 bits per heavy atom. The minimum atomic E-state index is -1.83. The molecule has 18 atom stereocenters. The minimum Gasteiger partial charge on any atom is -0.459 e. The number of nitrogens with one attached hydrogen (secondary N) is 1. The van der Waals surface area contributed by atoms with Crippen LogP contribution < -0.4 is 5.32 Å². The molecule has 5 N–H and O–H groups in total. The number of aliphatic hydroxyl groups is 4. The van der Waals surface area contributed by atoms with Crippen LogP contribution in [0.15, 0.2) is 0 Å². The predicted molar refractivity (Wildman–Crippen MR) is 226 cm³/mol. The van der Waals surface area contributed by atoms with Crippen molar-refractivity contribution in [1.29, 1.82) is 0 Å². The van der Waals surface area contributed by atoms with Crippen molar-refractivity contribution in [3.05, 3.63) is 0 Å². The van der Waals surface area contributed by atoms with E-state index < -0.39 is 102 Å². The molecule has 0 spiro atoms. The van der Waals surface area contributed by atoms with E-state index in [0.717, 1.165) is 19.3 Å². The summed E-state index contributed by atoms with van der Waals surface area (Å²) in [6, 6.07) is -0.848. The molecule has 0 aromatic carbocycles. The van der Waals surface area contributed by atoms with E-state index in [1.807, 2.05) is 58.6 Å². The number of esters is 1. The Bertz CT molecular complexity index is 1340. The number of nitrogens with zero attached hydrogens (tertiary/aromatic N) is 2. The van der Waals surface area contributed by atoms with Crippen LogP contribution in [0.2, 0.25) is 0 Å². The van der Waals surface area contributed by atoms with Gasteiger partial charge in [0, 0.05) is 44.6 Å². The van der Waals surface area contributed by atoms with Gasteiger partial charge in [-0.1, -0.05) is 40.5 Å². The van der Waals surface area contributed by atoms with Crippen molar-refractivity contribution >= 4 is 12.1 Å². The van der Waals surface area contributed by atoms with E-state index in [-0.39, 0.29) is 37.3 Å². The first-order valence-electron chi connectivity index (χ1n) is 22.3. The molecular weight excluding hydrogens is 778 g/mol. The quantitative estimate of drug-likeness (QED) is 0.140. The third-order valence-corrected chi connectivity index (χ3v) is 13.4. The molecule has 352 valence electrons. The zero-order valence-corrected chi connectivity index (χ0v) is 39.4. The third kappa shape index (κ3) is 13.0. The lowest BCUT2D eigenvalue weighted by Crippen LogP contribution is -2.61. The van der Waals surface area contributed by atoms with Gasteiger partial charge in [-0.05, 0) is 101 Å². The largest absolute Gasteiger partial charge is 0.459 e. The average molecular weight is 862 g/mol. The molecule has 0 radical (unpaired) electrons. The van der Waals surface area contributed by atoms with Crippen LogP contribution in [-0.4, -0.2) is 174 Å². The van der Waals surface area contributed by atoms with E-state index in [4.69, 9.17) is 33.2 Å². The lowest BCUT2D eigenvalue weighted by Gasteiger charge is -2.49. The number of hydrogen-bond acceptors (Lipinski definition) is 15. The maximum Gasteiger partial charge on any atom is 0.407 e. The van der Waals surface area contributed by atoms with Gasteiger partial charge in [-0.2, -0.15) is 0 Å². The molecule has 0 bridgehead atoms. The second-order valence-corrected chi connectivity index (χ2v) is 19.2. The zero-order chi connectivity index (χ0) is 45.5. The van der Waals surface area contributed by atoms with Crippen molar-refractivity contribution in [2.45, 2.75) is 211 Å². The van der Waals surface area contributed by atoms with Gasteiger partial charge < -0.3 is 68.7 Å². The van der Waals surface area contributed by atoms with Crippen molar-refractivity contribution in [3.63, 3.8) is 0 Å². The minimum absolute atomic E-state index is 0.0980. The number of unbranched alkanes of at least 4 members (excludes halogenated alkanes) is 2. The number of hydrogen-bond donors (Lipinski definition) is 5. The van der Waals surface area contributed by atoms with Gasteiger partial charge in [0.05, 0.1) is 35.9 Å². The standard InChI is InChI=1S/C44H83N3O13/c1-16-18-19-20-45-41(51)60-38-30(8)56-33(23-43(38,10)54-15)58-35-27(5)37(59-40-34(48)31(46(12)13)21-26(4)55-40)42(9,52)22-25(3)24-47(14)29(7)36(49)44(11,53)32(17-2)57-39(50)28(35)6/h25-38,40,48-49,52-53H,16-24H2,1-15H3,(H,45,51)/t25-,26-,27+,28-,29-,30+,31+,32-,33+,34-,35+,36-,37-,38+,40+,42+,43-,44-/m1/s1. The summed E-state index contributed by atoms with van der Waals surface area (Å²) in [6.07, 6.45) is -6.21. The van der Waals surface area contributed by atoms with Gasteiger partial charge in [0.1, 0.15) is 29.5 Å². The van der Waals surface area contributed by atoms with Crippen LogP contribution in [0, 0.1) is 17.8 Å². The van der Waals surface area contributed by atoms with Gasteiger partial charge in [0.15, 0.2) is 18.7 Å². The fourth-order valence-electron chi connectivity index (χ4n) is 9.67. The first kappa shape index (κ1) is 52.6. The summed E-state index contributed by atoms with van der Waals surface area (Å²) in [4.78, 5) is 31.2. The molecule has 3 fully saturated rings. The number of aliphatic hydroxyl groups excluding tert-OH is 2. The molecule has 16 nitrogen and oxygen atoms in total. The normalized spacial score (nSPS) is 44.4. The van der Waals surface area contributed by atoms with Crippen molar-refractivity contribution in [2.24, 2.45) is 17.8 Å². The van der Waals surface area contributed by atoms with Crippen LogP contribution in [-0.2, 0) is 38.0 Å².